The van der Waals surface area contributed by atoms with E-state index in [1.807, 2.05) is 25.2 Å². The lowest BCUT2D eigenvalue weighted by Crippen LogP contribution is -2.05. The predicted molar refractivity (Wildman–Crippen MR) is 76.0 cm³/mol. The molecule has 0 radical (unpaired) electrons. The molecule has 4 nitrogen and oxygen atoms in total. The predicted octanol–water partition coefficient (Wildman–Crippen LogP) is 3.22. The van der Waals surface area contributed by atoms with Crippen LogP contribution in [-0.2, 0) is 6.54 Å². The van der Waals surface area contributed by atoms with Gasteiger partial charge in [-0.3, -0.25) is 5.10 Å². The van der Waals surface area contributed by atoms with Gasteiger partial charge in [0.1, 0.15) is 11.4 Å². The summed E-state index contributed by atoms with van der Waals surface area (Å²) in [6.45, 7) is 0.720. The minimum absolute atomic E-state index is 0.570. The van der Waals surface area contributed by atoms with Gasteiger partial charge in [-0.1, -0.05) is 11.6 Å². The smallest absolute Gasteiger partial charge is 0.137 e. The van der Waals surface area contributed by atoms with Gasteiger partial charge in [0.15, 0.2) is 0 Å². The number of halogens is 2. The van der Waals surface area contributed by atoms with Crippen LogP contribution in [0.3, 0.4) is 0 Å². The topological polar surface area (TPSA) is 49.9 Å². The standard InChI is InChI=1S/C12H13BrClN3O/c1-15-6-9-11(13)12(17-16-9)7-3-4-10(18-2)8(14)5-7/h3-5,15H,6H2,1-2H3,(H,16,17). The molecule has 1 aromatic carbocycles. The van der Waals surface area contributed by atoms with E-state index in [0.29, 0.717) is 10.8 Å². The van der Waals surface area contributed by atoms with Gasteiger partial charge in [-0.2, -0.15) is 5.10 Å². The second-order valence-electron chi connectivity index (χ2n) is 3.74. The number of hydrogen-bond donors (Lipinski definition) is 2. The fourth-order valence-corrected chi connectivity index (χ4v) is 2.47. The van der Waals surface area contributed by atoms with Crippen LogP contribution in [0.15, 0.2) is 22.7 Å². The Morgan fingerprint density at radius 3 is 2.89 bits per heavy atom. The number of hydrogen-bond acceptors (Lipinski definition) is 3. The third-order valence-electron chi connectivity index (χ3n) is 2.55. The molecule has 18 heavy (non-hydrogen) atoms. The number of benzene rings is 1. The van der Waals surface area contributed by atoms with Crippen molar-refractivity contribution in [2.45, 2.75) is 6.54 Å². The highest BCUT2D eigenvalue weighted by Crippen LogP contribution is 2.33. The monoisotopic (exact) mass is 329 g/mol. The molecule has 0 fully saturated rings. The summed E-state index contributed by atoms with van der Waals surface area (Å²) < 4.78 is 6.07. The minimum Gasteiger partial charge on any atom is -0.495 e. The van der Waals surface area contributed by atoms with Gasteiger partial charge >= 0.3 is 0 Å². The number of rotatable bonds is 4. The van der Waals surface area contributed by atoms with Gasteiger partial charge in [-0.25, -0.2) is 0 Å². The average molecular weight is 331 g/mol. The second kappa shape index (κ2) is 5.73. The first-order chi connectivity index (χ1) is 8.67. The van der Waals surface area contributed by atoms with Crippen molar-refractivity contribution in [3.05, 3.63) is 33.4 Å². The number of ether oxygens (including phenoxy) is 1. The lowest BCUT2D eigenvalue weighted by atomic mass is 10.1. The molecule has 6 heteroatoms. The highest BCUT2D eigenvalue weighted by molar-refractivity contribution is 9.10. The first kappa shape index (κ1) is 13.4. The Labute approximate surface area is 119 Å². The van der Waals surface area contributed by atoms with E-state index in [4.69, 9.17) is 16.3 Å². The third kappa shape index (κ3) is 2.53. The lowest BCUT2D eigenvalue weighted by molar-refractivity contribution is 0.415. The van der Waals surface area contributed by atoms with Gasteiger partial charge in [0.25, 0.3) is 0 Å². The fraction of sp³-hybridized carbons (Fsp3) is 0.250. The SMILES string of the molecule is CNCc1[nH]nc(-c2ccc(OC)c(Cl)c2)c1Br. The highest BCUT2D eigenvalue weighted by Gasteiger charge is 2.13. The van der Waals surface area contributed by atoms with Gasteiger partial charge in [0.2, 0.25) is 0 Å². The summed E-state index contributed by atoms with van der Waals surface area (Å²) in [6.07, 6.45) is 0. The van der Waals surface area contributed by atoms with Gasteiger partial charge in [-0.05, 0) is 41.2 Å². The van der Waals surface area contributed by atoms with Crippen LogP contribution in [0.2, 0.25) is 5.02 Å². The summed E-state index contributed by atoms with van der Waals surface area (Å²) >= 11 is 9.65. The van der Waals surface area contributed by atoms with Crippen molar-refractivity contribution in [3.8, 4) is 17.0 Å². The Hall–Kier alpha value is -1.04. The van der Waals surface area contributed by atoms with Gasteiger partial charge in [0, 0.05) is 12.1 Å². The molecule has 96 valence electrons. The molecule has 0 atom stereocenters. The van der Waals surface area contributed by atoms with E-state index in [9.17, 15) is 0 Å². The molecule has 2 rings (SSSR count). The molecule has 2 N–H and O–H groups in total. The van der Waals surface area contributed by atoms with Crippen molar-refractivity contribution in [2.75, 3.05) is 14.2 Å². The first-order valence-corrected chi connectivity index (χ1v) is 6.55. The summed E-state index contributed by atoms with van der Waals surface area (Å²) in [4.78, 5) is 0. The van der Waals surface area contributed by atoms with E-state index < -0.39 is 0 Å². The number of aromatic nitrogens is 2. The Kier molecular flexibility index (Phi) is 4.27. The van der Waals surface area contributed by atoms with Crippen LogP contribution in [0, 0.1) is 0 Å². The van der Waals surface area contributed by atoms with Crippen LogP contribution >= 0.6 is 27.5 Å². The first-order valence-electron chi connectivity index (χ1n) is 5.38. The average Bonchev–Trinajstić information content (AvgIpc) is 2.72. The highest BCUT2D eigenvalue weighted by atomic mass is 79.9. The number of methoxy groups -OCH3 is 1. The lowest BCUT2D eigenvalue weighted by Gasteiger charge is -2.04. The minimum atomic E-state index is 0.570. The van der Waals surface area contributed by atoms with Crippen molar-refractivity contribution in [1.82, 2.24) is 15.5 Å². The molecule has 1 heterocycles. The van der Waals surface area contributed by atoms with Crippen molar-refractivity contribution < 1.29 is 4.74 Å². The van der Waals surface area contributed by atoms with Gasteiger partial charge in [-0.15, -0.1) is 0 Å². The zero-order chi connectivity index (χ0) is 13.1. The van der Waals surface area contributed by atoms with Crippen LogP contribution in [0.25, 0.3) is 11.3 Å². The zero-order valence-corrected chi connectivity index (χ0v) is 12.4. The molecule has 0 spiro atoms. The molecule has 0 bridgehead atoms. The number of aromatic amines is 1. The van der Waals surface area contributed by atoms with Crippen molar-refractivity contribution in [3.63, 3.8) is 0 Å². The van der Waals surface area contributed by atoms with Gasteiger partial charge < -0.3 is 10.1 Å². The largest absolute Gasteiger partial charge is 0.495 e. The van der Waals surface area contributed by atoms with Gasteiger partial charge in [0.05, 0.1) is 22.3 Å². The number of nitrogens with one attached hydrogen (secondary N) is 2. The molecule has 0 aliphatic heterocycles. The molecule has 0 amide bonds. The Balaban J connectivity index is 2.39. The van der Waals surface area contributed by atoms with Crippen molar-refractivity contribution in [1.29, 1.82) is 0 Å². The summed E-state index contributed by atoms with van der Waals surface area (Å²) in [7, 11) is 3.48. The van der Waals surface area contributed by atoms with E-state index in [1.54, 1.807) is 7.11 Å². The Morgan fingerprint density at radius 2 is 2.28 bits per heavy atom. The molecular formula is C12H13BrClN3O. The second-order valence-corrected chi connectivity index (χ2v) is 4.94. The maximum absolute atomic E-state index is 6.11. The maximum atomic E-state index is 6.11. The zero-order valence-electron chi connectivity index (χ0n) is 10.1. The number of H-pyrrole nitrogens is 1. The maximum Gasteiger partial charge on any atom is 0.137 e. The molecule has 2 aromatic rings. The van der Waals surface area contributed by atoms with Crippen LogP contribution < -0.4 is 10.1 Å². The van der Waals surface area contributed by atoms with E-state index in [0.717, 1.165) is 28.0 Å². The molecule has 0 aliphatic rings. The molecule has 0 saturated heterocycles. The van der Waals surface area contributed by atoms with E-state index in [-0.39, 0.29) is 0 Å². The van der Waals surface area contributed by atoms with Crippen molar-refractivity contribution >= 4 is 27.5 Å². The van der Waals surface area contributed by atoms with E-state index >= 15 is 0 Å². The number of nitrogens with zero attached hydrogens (tertiary/aromatic N) is 1. The third-order valence-corrected chi connectivity index (χ3v) is 3.70. The summed E-state index contributed by atoms with van der Waals surface area (Å²) in [5, 5.41) is 10.9. The van der Waals surface area contributed by atoms with Crippen molar-refractivity contribution in [2.24, 2.45) is 0 Å². The molecule has 0 aliphatic carbocycles. The van der Waals surface area contributed by atoms with Crippen LogP contribution in [0.1, 0.15) is 5.69 Å². The molecular weight excluding hydrogens is 318 g/mol. The summed E-state index contributed by atoms with van der Waals surface area (Å²) in [5.74, 6) is 0.655. The summed E-state index contributed by atoms with van der Waals surface area (Å²) in [5.41, 5.74) is 2.77. The van der Waals surface area contributed by atoms with E-state index in [1.165, 1.54) is 0 Å². The molecule has 0 saturated carbocycles. The fourth-order valence-electron chi connectivity index (χ4n) is 1.66. The quantitative estimate of drug-likeness (QED) is 0.905. The van der Waals surface area contributed by atoms with E-state index in [2.05, 4.69) is 31.4 Å². The van der Waals surface area contributed by atoms with Crippen LogP contribution in [0.5, 0.6) is 5.75 Å². The Morgan fingerprint density at radius 1 is 1.50 bits per heavy atom. The summed E-state index contributed by atoms with van der Waals surface area (Å²) in [6, 6.07) is 5.59. The normalized spacial score (nSPS) is 10.7. The van der Waals surface area contributed by atoms with Crippen LogP contribution in [0.4, 0.5) is 0 Å². The molecule has 0 unspecified atom stereocenters. The Bertz CT molecular complexity index is 556. The van der Waals surface area contributed by atoms with Crippen LogP contribution in [-0.4, -0.2) is 24.4 Å². The molecule has 1 aromatic heterocycles.